The summed E-state index contributed by atoms with van der Waals surface area (Å²) in [6.07, 6.45) is 6.88. The van der Waals surface area contributed by atoms with E-state index in [0.717, 1.165) is 25.8 Å². The molecule has 0 aromatic heterocycles. The van der Waals surface area contributed by atoms with Crippen molar-refractivity contribution in [2.45, 2.75) is 51.5 Å². The fourth-order valence-electron chi connectivity index (χ4n) is 2.58. The Hall–Kier alpha value is -1.10. The molecule has 1 N–H and O–H groups in total. The van der Waals surface area contributed by atoms with Crippen molar-refractivity contribution in [2.75, 3.05) is 33.7 Å². The molecule has 5 heteroatoms. The summed E-state index contributed by atoms with van der Waals surface area (Å²) in [6, 6.07) is 0.359. The predicted molar refractivity (Wildman–Crippen MR) is 80.4 cm³/mol. The molecule has 20 heavy (non-hydrogen) atoms. The fraction of sp³-hybridized carbons (Fsp3) is 0.867. The third kappa shape index (κ3) is 5.49. The molecule has 0 atom stereocenters. The SMILES string of the molecule is CCCNCC(=O)N(C)CC(=O)N(C)C1CCCCC1. The number of carbonyl (C=O) groups is 2. The zero-order chi connectivity index (χ0) is 15.0. The van der Waals surface area contributed by atoms with Crippen molar-refractivity contribution in [3.63, 3.8) is 0 Å². The number of hydrogen-bond donors (Lipinski definition) is 1. The van der Waals surface area contributed by atoms with Crippen LogP contribution >= 0.6 is 0 Å². The molecule has 1 aliphatic carbocycles. The summed E-state index contributed by atoms with van der Waals surface area (Å²) in [6.45, 7) is 3.38. The summed E-state index contributed by atoms with van der Waals surface area (Å²) in [4.78, 5) is 27.4. The highest BCUT2D eigenvalue weighted by molar-refractivity contribution is 5.85. The maximum absolute atomic E-state index is 12.2. The third-order valence-electron chi connectivity index (χ3n) is 4.02. The molecule has 5 nitrogen and oxygen atoms in total. The highest BCUT2D eigenvalue weighted by atomic mass is 16.2. The first-order chi connectivity index (χ1) is 9.56. The van der Waals surface area contributed by atoms with Crippen LogP contribution < -0.4 is 5.32 Å². The van der Waals surface area contributed by atoms with Crippen molar-refractivity contribution in [2.24, 2.45) is 0 Å². The molecular weight excluding hydrogens is 254 g/mol. The lowest BCUT2D eigenvalue weighted by Crippen LogP contribution is -2.46. The van der Waals surface area contributed by atoms with Gasteiger partial charge in [-0.05, 0) is 25.8 Å². The van der Waals surface area contributed by atoms with E-state index in [1.54, 1.807) is 7.05 Å². The number of rotatable bonds is 7. The number of nitrogens with zero attached hydrogens (tertiary/aromatic N) is 2. The lowest BCUT2D eigenvalue weighted by Gasteiger charge is -2.32. The Balaban J connectivity index is 2.33. The van der Waals surface area contributed by atoms with Gasteiger partial charge < -0.3 is 15.1 Å². The first-order valence-corrected chi connectivity index (χ1v) is 7.76. The van der Waals surface area contributed by atoms with Gasteiger partial charge in [0.1, 0.15) is 0 Å². The minimum absolute atomic E-state index is 0.0242. The number of nitrogens with one attached hydrogen (secondary N) is 1. The summed E-state index contributed by atoms with van der Waals surface area (Å²) in [5.74, 6) is 0.0204. The van der Waals surface area contributed by atoms with Gasteiger partial charge in [-0.3, -0.25) is 9.59 Å². The van der Waals surface area contributed by atoms with Gasteiger partial charge in [0.05, 0.1) is 13.1 Å². The van der Waals surface area contributed by atoms with Crippen LogP contribution in [0.2, 0.25) is 0 Å². The van der Waals surface area contributed by atoms with Gasteiger partial charge in [-0.25, -0.2) is 0 Å². The van der Waals surface area contributed by atoms with Gasteiger partial charge in [0.25, 0.3) is 0 Å². The highest BCUT2D eigenvalue weighted by Crippen LogP contribution is 2.21. The van der Waals surface area contributed by atoms with Crippen LogP contribution in [0.5, 0.6) is 0 Å². The molecule has 116 valence electrons. The molecule has 0 bridgehead atoms. The van der Waals surface area contributed by atoms with Crippen molar-refractivity contribution in [3.05, 3.63) is 0 Å². The molecule has 0 aromatic rings. The van der Waals surface area contributed by atoms with E-state index in [0.29, 0.717) is 12.6 Å². The average Bonchev–Trinajstić information content (AvgIpc) is 2.47. The fourth-order valence-corrected chi connectivity index (χ4v) is 2.58. The molecule has 1 saturated carbocycles. The summed E-state index contributed by atoms with van der Waals surface area (Å²) < 4.78 is 0. The molecule has 0 unspecified atom stereocenters. The van der Waals surface area contributed by atoms with Crippen LogP contribution in [0.3, 0.4) is 0 Å². The summed E-state index contributed by atoms with van der Waals surface area (Å²) in [5.41, 5.74) is 0. The van der Waals surface area contributed by atoms with E-state index in [1.807, 2.05) is 11.9 Å². The topological polar surface area (TPSA) is 52.7 Å². The number of amides is 2. The number of hydrogen-bond acceptors (Lipinski definition) is 3. The summed E-state index contributed by atoms with van der Waals surface area (Å²) >= 11 is 0. The van der Waals surface area contributed by atoms with Crippen molar-refractivity contribution in [1.82, 2.24) is 15.1 Å². The van der Waals surface area contributed by atoms with Crippen LogP contribution in [0.25, 0.3) is 0 Å². The maximum atomic E-state index is 12.2. The van der Waals surface area contributed by atoms with E-state index < -0.39 is 0 Å². The monoisotopic (exact) mass is 283 g/mol. The van der Waals surface area contributed by atoms with Gasteiger partial charge >= 0.3 is 0 Å². The van der Waals surface area contributed by atoms with Gasteiger partial charge in [0.15, 0.2) is 0 Å². The standard InChI is InChI=1S/C15H29N3O2/c1-4-10-16-11-14(19)17(2)12-15(20)18(3)13-8-6-5-7-9-13/h13,16H,4-12H2,1-3H3. The van der Waals surface area contributed by atoms with Crippen LogP contribution in [0.4, 0.5) is 0 Å². The van der Waals surface area contributed by atoms with E-state index in [2.05, 4.69) is 12.2 Å². The first kappa shape index (κ1) is 17.0. The molecule has 0 spiro atoms. The van der Waals surface area contributed by atoms with Gasteiger partial charge in [-0.2, -0.15) is 0 Å². The number of carbonyl (C=O) groups excluding carboxylic acids is 2. The Morgan fingerprint density at radius 3 is 2.35 bits per heavy atom. The average molecular weight is 283 g/mol. The number of likely N-dealkylation sites (N-methyl/N-ethyl adjacent to an activating group) is 2. The lowest BCUT2D eigenvalue weighted by atomic mass is 9.94. The normalized spacial score (nSPS) is 15.9. The molecule has 1 fully saturated rings. The molecule has 0 aromatic carbocycles. The van der Waals surface area contributed by atoms with Gasteiger partial charge in [-0.1, -0.05) is 26.2 Å². The van der Waals surface area contributed by atoms with Crippen molar-refractivity contribution >= 4 is 11.8 Å². The maximum Gasteiger partial charge on any atom is 0.242 e. The first-order valence-electron chi connectivity index (χ1n) is 7.76. The molecule has 0 radical (unpaired) electrons. The Bertz CT molecular complexity index is 314. The minimum atomic E-state index is -0.0242. The zero-order valence-electron chi connectivity index (χ0n) is 13.2. The second kappa shape index (κ2) is 8.95. The van der Waals surface area contributed by atoms with Gasteiger partial charge in [-0.15, -0.1) is 0 Å². The predicted octanol–water partition coefficient (Wildman–Crippen LogP) is 1.24. The minimum Gasteiger partial charge on any atom is -0.341 e. The molecule has 0 heterocycles. The van der Waals surface area contributed by atoms with Crippen LogP contribution in [0, 0.1) is 0 Å². The summed E-state index contributed by atoms with van der Waals surface area (Å²) in [5, 5.41) is 3.07. The van der Waals surface area contributed by atoms with E-state index in [1.165, 1.54) is 24.2 Å². The van der Waals surface area contributed by atoms with Crippen LogP contribution in [0.1, 0.15) is 45.4 Å². The molecule has 1 aliphatic rings. The molecule has 1 rings (SSSR count). The van der Waals surface area contributed by atoms with E-state index in [-0.39, 0.29) is 18.4 Å². The highest BCUT2D eigenvalue weighted by Gasteiger charge is 2.23. The van der Waals surface area contributed by atoms with E-state index in [9.17, 15) is 9.59 Å². The van der Waals surface area contributed by atoms with Crippen molar-refractivity contribution in [3.8, 4) is 0 Å². The second-order valence-electron chi connectivity index (χ2n) is 5.72. The van der Waals surface area contributed by atoms with Gasteiger partial charge in [0, 0.05) is 20.1 Å². The van der Waals surface area contributed by atoms with Crippen molar-refractivity contribution in [1.29, 1.82) is 0 Å². The van der Waals surface area contributed by atoms with E-state index >= 15 is 0 Å². The Morgan fingerprint density at radius 1 is 1.10 bits per heavy atom. The molecule has 0 saturated heterocycles. The molecule has 0 aliphatic heterocycles. The second-order valence-corrected chi connectivity index (χ2v) is 5.72. The van der Waals surface area contributed by atoms with Gasteiger partial charge in [0.2, 0.25) is 11.8 Å². The Kier molecular flexibility index (Phi) is 7.59. The third-order valence-corrected chi connectivity index (χ3v) is 4.02. The zero-order valence-corrected chi connectivity index (χ0v) is 13.2. The molecule has 2 amide bonds. The van der Waals surface area contributed by atoms with Crippen molar-refractivity contribution < 1.29 is 9.59 Å². The quantitative estimate of drug-likeness (QED) is 0.715. The lowest BCUT2D eigenvalue weighted by molar-refractivity contribution is -0.139. The molecular formula is C15H29N3O2. The largest absolute Gasteiger partial charge is 0.341 e. The summed E-state index contributed by atoms with van der Waals surface area (Å²) in [7, 11) is 3.56. The van der Waals surface area contributed by atoms with Crippen LogP contribution in [-0.4, -0.2) is 61.4 Å². The van der Waals surface area contributed by atoms with Crippen LogP contribution in [0.15, 0.2) is 0 Å². The Labute approximate surface area is 122 Å². The van der Waals surface area contributed by atoms with E-state index in [4.69, 9.17) is 0 Å². The smallest absolute Gasteiger partial charge is 0.242 e. The van der Waals surface area contributed by atoms with Crippen LogP contribution in [-0.2, 0) is 9.59 Å². The Morgan fingerprint density at radius 2 is 1.75 bits per heavy atom.